The largest absolute Gasteiger partial charge is 0.481 e. The number of hydrogen-bond acceptors (Lipinski definition) is 3. The molecule has 6 heteroatoms. The lowest BCUT2D eigenvalue weighted by atomic mass is 10.1. The van der Waals surface area contributed by atoms with Crippen molar-refractivity contribution in [3.05, 3.63) is 59.3 Å². The Morgan fingerprint density at radius 3 is 2.48 bits per heavy atom. The molecule has 1 aromatic carbocycles. The van der Waals surface area contributed by atoms with E-state index in [1.807, 2.05) is 6.07 Å². The van der Waals surface area contributed by atoms with Gasteiger partial charge in [0.25, 0.3) is 0 Å². The van der Waals surface area contributed by atoms with Crippen LogP contribution in [0.4, 0.5) is 13.2 Å². The first-order chi connectivity index (χ1) is 9.99. The Kier molecular flexibility index (Phi) is 4.80. The zero-order valence-electron chi connectivity index (χ0n) is 11.4. The number of methoxy groups -OCH3 is 1. The predicted molar refractivity (Wildman–Crippen MR) is 72.8 cm³/mol. The van der Waals surface area contributed by atoms with Crippen molar-refractivity contribution >= 4 is 0 Å². The first-order valence-electron chi connectivity index (χ1n) is 6.35. The molecule has 0 saturated carbocycles. The molecule has 0 radical (unpaired) electrons. The lowest BCUT2D eigenvalue weighted by Crippen LogP contribution is -2.14. The normalized spacial score (nSPS) is 11.4. The molecule has 1 heterocycles. The first-order valence-corrected chi connectivity index (χ1v) is 6.35. The van der Waals surface area contributed by atoms with Crippen molar-refractivity contribution in [1.29, 1.82) is 0 Å². The van der Waals surface area contributed by atoms with Crippen LogP contribution < -0.4 is 10.1 Å². The van der Waals surface area contributed by atoms with E-state index in [0.29, 0.717) is 24.5 Å². The minimum absolute atomic E-state index is 0.357. The van der Waals surface area contributed by atoms with Crippen LogP contribution in [0.15, 0.2) is 42.6 Å². The highest BCUT2D eigenvalue weighted by molar-refractivity contribution is 5.25. The number of benzene rings is 1. The number of nitrogens with zero attached hydrogens (tertiary/aromatic N) is 1. The molecular weight excluding hydrogens is 281 g/mol. The lowest BCUT2D eigenvalue weighted by molar-refractivity contribution is -0.137. The molecule has 112 valence electrons. The lowest BCUT2D eigenvalue weighted by Gasteiger charge is -2.09. The Morgan fingerprint density at radius 1 is 1.10 bits per heavy atom. The zero-order chi connectivity index (χ0) is 15.3. The number of pyridine rings is 1. The van der Waals surface area contributed by atoms with Gasteiger partial charge in [0.05, 0.1) is 12.7 Å². The summed E-state index contributed by atoms with van der Waals surface area (Å²) in [6.07, 6.45) is -2.64. The van der Waals surface area contributed by atoms with Gasteiger partial charge in [-0.3, -0.25) is 0 Å². The predicted octanol–water partition coefficient (Wildman–Crippen LogP) is 3.40. The molecule has 1 aromatic heterocycles. The highest BCUT2D eigenvalue weighted by Crippen LogP contribution is 2.29. The van der Waals surface area contributed by atoms with Crippen molar-refractivity contribution in [3.8, 4) is 5.88 Å². The van der Waals surface area contributed by atoms with E-state index in [1.165, 1.54) is 13.2 Å². The quantitative estimate of drug-likeness (QED) is 0.918. The minimum Gasteiger partial charge on any atom is -0.481 e. The fourth-order valence-corrected chi connectivity index (χ4v) is 1.85. The van der Waals surface area contributed by atoms with Crippen molar-refractivity contribution in [1.82, 2.24) is 10.3 Å². The zero-order valence-corrected chi connectivity index (χ0v) is 11.4. The van der Waals surface area contributed by atoms with E-state index >= 15 is 0 Å². The second-order valence-electron chi connectivity index (χ2n) is 4.51. The van der Waals surface area contributed by atoms with Crippen molar-refractivity contribution in [2.75, 3.05) is 7.11 Å². The van der Waals surface area contributed by atoms with E-state index in [1.54, 1.807) is 18.3 Å². The van der Waals surface area contributed by atoms with Crippen LogP contribution in [0.3, 0.4) is 0 Å². The van der Waals surface area contributed by atoms with Gasteiger partial charge in [-0.15, -0.1) is 0 Å². The van der Waals surface area contributed by atoms with Crippen LogP contribution in [0.25, 0.3) is 0 Å². The Morgan fingerprint density at radius 2 is 1.86 bits per heavy atom. The summed E-state index contributed by atoms with van der Waals surface area (Å²) in [6.45, 7) is 0.878. The number of nitrogens with one attached hydrogen (secondary N) is 1. The average Bonchev–Trinajstić information content (AvgIpc) is 2.47. The van der Waals surface area contributed by atoms with Gasteiger partial charge in [0.2, 0.25) is 5.88 Å². The van der Waals surface area contributed by atoms with Crippen molar-refractivity contribution < 1.29 is 17.9 Å². The fraction of sp³-hybridized carbons (Fsp3) is 0.267. The number of hydrogen-bond donors (Lipinski definition) is 1. The van der Waals surface area contributed by atoms with Crippen LogP contribution in [0.2, 0.25) is 0 Å². The number of alkyl halides is 3. The summed E-state index contributed by atoms with van der Waals surface area (Å²) in [6, 6.07) is 8.88. The van der Waals surface area contributed by atoms with Gasteiger partial charge in [-0.25, -0.2) is 4.98 Å². The standard InChI is InChI=1S/C15H15F3N2O/c1-21-14-6-5-12(10-20-14)9-19-8-11-3-2-4-13(7-11)15(16,17)18/h2-7,10,19H,8-9H2,1H3. The van der Waals surface area contributed by atoms with Crippen LogP contribution in [0, 0.1) is 0 Å². The Hall–Kier alpha value is -2.08. The van der Waals surface area contributed by atoms with E-state index in [2.05, 4.69) is 10.3 Å². The molecule has 0 amide bonds. The Bertz CT molecular complexity index is 582. The molecule has 2 rings (SSSR count). The van der Waals surface area contributed by atoms with Crippen LogP contribution in [0.5, 0.6) is 5.88 Å². The van der Waals surface area contributed by atoms with Gasteiger partial charge in [0.1, 0.15) is 0 Å². The van der Waals surface area contributed by atoms with E-state index in [4.69, 9.17) is 4.74 Å². The van der Waals surface area contributed by atoms with Crippen LogP contribution in [0.1, 0.15) is 16.7 Å². The highest BCUT2D eigenvalue weighted by Gasteiger charge is 2.30. The molecule has 0 fully saturated rings. The summed E-state index contributed by atoms with van der Waals surface area (Å²) in [7, 11) is 1.54. The highest BCUT2D eigenvalue weighted by atomic mass is 19.4. The second-order valence-corrected chi connectivity index (χ2v) is 4.51. The smallest absolute Gasteiger partial charge is 0.416 e. The van der Waals surface area contributed by atoms with Crippen molar-refractivity contribution in [2.24, 2.45) is 0 Å². The van der Waals surface area contributed by atoms with Gasteiger partial charge in [-0.1, -0.05) is 24.3 Å². The Balaban J connectivity index is 1.91. The third-order valence-electron chi connectivity index (χ3n) is 2.92. The SMILES string of the molecule is COc1ccc(CNCc2cccc(C(F)(F)F)c2)cn1. The summed E-state index contributed by atoms with van der Waals surface area (Å²) in [4.78, 5) is 4.06. The monoisotopic (exact) mass is 296 g/mol. The molecule has 21 heavy (non-hydrogen) atoms. The maximum absolute atomic E-state index is 12.6. The van der Waals surface area contributed by atoms with E-state index in [0.717, 1.165) is 17.7 Å². The summed E-state index contributed by atoms with van der Waals surface area (Å²) in [5.41, 5.74) is 0.891. The van der Waals surface area contributed by atoms with Gasteiger partial charge in [-0.2, -0.15) is 13.2 Å². The van der Waals surface area contributed by atoms with Crippen LogP contribution in [-0.2, 0) is 19.3 Å². The number of halogens is 3. The molecule has 1 N–H and O–H groups in total. The molecule has 0 saturated heterocycles. The number of ether oxygens (including phenoxy) is 1. The van der Waals surface area contributed by atoms with Gasteiger partial charge in [0.15, 0.2) is 0 Å². The summed E-state index contributed by atoms with van der Waals surface area (Å²) >= 11 is 0. The van der Waals surface area contributed by atoms with E-state index in [-0.39, 0.29) is 0 Å². The maximum Gasteiger partial charge on any atom is 0.416 e. The number of aromatic nitrogens is 1. The van der Waals surface area contributed by atoms with Crippen LogP contribution in [-0.4, -0.2) is 12.1 Å². The first kappa shape index (κ1) is 15.3. The summed E-state index contributed by atoms with van der Waals surface area (Å²) < 4.78 is 42.7. The molecule has 0 aliphatic rings. The minimum atomic E-state index is -4.31. The van der Waals surface area contributed by atoms with Gasteiger partial charge in [0, 0.05) is 25.4 Å². The molecule has 0 aliphatic carbocycles. The van der Waals surface area contributed by atoms with Crippen LogP contribution >= 0.6 is 0 Å². The molecular formula is C15H15F3N2O. The average molecular weight is 296 g/mol. The summed E-state index contributed by atoms with van der Waals surface area (Å²) in [5.74, 6) is 0.525. The van der Waals surface area contributed by atoms with E-state index in [9.17, 15) is 13.2 Å². The molecule has 0 bridgehead atoms. The van der Waals surface area contributed by atoms with Crippen molar-refractivity contribution in [2.45, 2.75) is 19.3 Å². The Labute approximate surface area is 120 Å². The molecule has 0 aliphatic heterocycles. The topological polar surface area (TPSA) is 34.1 Å². The third kappa shape index (κ3) is 4.46. The number of rotatable bonds is 5. The fourth-order valence-electron chi connectivity index (χ4n) is 1.85. The summed E-state index contributed by atoms with van der Waals surface area (Å²) in [5, 5.41) is 3.09. The van der Waals surface area contributed by atoms with Crippen molar-refractivity contribution in [3.63, 3.8) is 0 Å². The van der Waals surface area contributed by atoms with Gasteiger partial charge < -0.3 is 10.1 Å². The molecule has 0 unspecified atom stereocenters. The van der Waals surface area contributed by atoms with Gasteiger partial charge in [-0.05, 0) is 17.2 Å². The molecule has 0 atom stereocenters. The van der Waals surface area contributed by atoms with E-state index < -0.39 is 11.7 Å². The maximum atomic E-state index is 12.6. The third-order valence-corrected chi connectivity index (χ3v) is 2.92. The molecule has 3 nitrogen and oxygen atoms in total. The molecule has 0 spiro atoms. The second kappa shape index (κ2) is 6.58. The molecule has 2 aromatic rings. The van der Waals surface area contributed by atoms with Gasteiger partial charge >= 0.3 is 6.18 Å².